The van der Waals surface area contributed by atoms with Crippen molar-refractivity contribution in [1.29, 1.82) is 0 Å². The lowest BCUT2D eigenvalue weighted by Crippen LogP contribution is -2.31. The standard InChI is InChI=1S/C18H20ClNO/c19-16-9-3-2-8-15(16)18(21)11-13-20-12-5-7-14-6-1-4-10-17(14)20/h1-4,6,8-10,18,21H,5,7,11-13H2. The van der Waals surface area contributed by atoms with Crippen LogP contribution in [0.4, 0.5) is 5.69 Å². The molecule has 1 aliphatic rings. The molecule has 1 N–H and O–H groups in total. The van der Waals surface area contributed by atoms with E-state index in [0.29, 0.717) is 11.4 Å². The summed E-state index contributed by atoms with van der Waals surface area (Å²) in [5.41, 5.74) is 3.55. The van der Waals surface area contributed by atoms with Gasteiger partial charge in [0.1, 0.15) is 0 Å². The van der Waals surface area contributed by atoms with E-state index in [9.17, 15) is 5.11 Å². The Balaban J connectivity index is 1.67. The smallest absolute Gasteiger partial charge is 0.0821 e. The van der Waals surface area contributed by atoms with Crippen molar-refractivity contribution in [3.05, 3.63) is 64.7 Å². The number of fused-ring (bicyclic) bond motifs is 1. The fraction of sp³-hybridized carbons (Fsp3) is 0.333. The van der Waals surface area contributed by atoms with Crippen LogP contribution in [0.2, 0.25) is 5.02 Å². The van der Waals surface area contributed by atoms with Crippen molar-refractivity contribution in [3.8, 4) is 0 Å². The van der Waals surface area contributed by atoms with Gasteiger partial charge in [-0.05, 0) is 42.5 Å². The SMILES string of the molecule is OC(CCN1CCCc2ccccc21)c1ccccc1Cl. The molecule has 3 heteroatoms. The van der Waals surface area contributed by atoms with E-state index in [2.05, 4.69) is 29.2 Å². The average Bonchev–Trinajstić information content (AvgIpc) is 2.53. The third-order valence-corrected chi connectivity index (χ3v) is 4.49. The Morgan fingerprint density at radius 2 is 1.86 bits per heavy atom. The Bertz CT molecular complexity index is 614. The zero-order chi connectivity index (χ0) is 14.7. The molecule has 2 aromatic carbocycles. The first-order valence-corrected chi connectivity index (χ1v) is 7.89. The molecule has 110 valence electrons. The molecular formula is C18H20ClNO. The summed E-state index contributed by atoms with van der Waals surface area (Å²) in [7, 11) is 0. The molecule has 0 saturated carbocycles. The third-order valence-electron chi connectivity index (χ3n) is 4.14. The number of para-hydroxylation sites is 1. The highest BCUT2D eigenvalue weighted by molar-refractivity contribution is 6.31. The number of hydrogen-bond donors (Lipinski definition) is 1. The van der Waals surface area contributed by atoms with E-state index in [1.807, 2.05) is 24.3 Å². The summed E-state index contributed by atoms with van der Waals surface area (Å²) in [5, 5.41) is 11.0. The Hall–Kier alpha value is -1.51. The molecule has 1 aliphatic heterocycles. The van der Waals surface area contributed by atoms with Gasteiger partial charge in [-0.2, -0.15) is 0 Å². The molecule has 0 spiro atoms. The number of rotatable bonds is 4. The minimum absolute atomic E-state index is 0.507. The molecule has 2 aromatic rings. The Morgan fingerprint density at radius 1 is 1.10 bits per heavy atom. The van der Waals surface area contributed by atoms with Gasteiger partial charge in [0, 0.05) is 23.8 Å². The van der Waals surface area contributed by atoms with Crippen LogP contribution >= 0.6 is 11.6 Å². The van der Waals surface area contributed by atoms with Crippen molar-refractivity contribution in [3.63, 3.8) is 0 Å². The van der Waals surface area contributed by atoms with Crippen molar-refractivity contribution in [2.75, 3.05) is 18.0 Å². The van der Waals surface area contributed by atoms with Crippen molar-refractivity contribution in [2.45, 2.75) is 25.4 Å². The summed E-state index contributed by atoms with van der Waals surface area (Å²) in [6.07, 6.45) is 2.52. The molecule has 1 unspecified atom stereocenters. The van der Waals surface area contributed by atoms with Gasteiger partial charge in [-0.1, -0.05) is 48.0 Å². The van der Waals surface area contributed by atoms with Gasteiger partial charge in [-0.25, -0.2) is 0 Å². The van der Waals surface area contributed by atoms with Crippen LogP contribution in [0.3, 0.4) is 0 Å². The molecule has 3 rings (SSSR count). The maximum atomic E-state index is 10.4. The minimum Gasteiger partial charge on any atom is -0.388 e. The van der Waals surface area contributed by atoms with Crippen LogP contribution < -0.4 is 4.90 Å². The summed E-state index contributed by atoms with van der Waals surface area (Å²) in [6, 6.07) is 16.1. The summed E-state index contributed by atoms with van der Waals surface area (Å²) in [6.45, 7) is 1.91. The first-order valence-electron chi connectivity index (χ1n) is 7.51. The van der Waals surface area contributed by atoms with Crippen LogP contribution in [0.1, 0.15) is 30.1 Å². The van der Waals surface area contributed by atoms with Gasteiger partial charge < -0.3 is 10.0 Å². The Morgan fingerprint density at radius 3 is 2.71 bits per heavy atom. The molecule has 0 saturated heterocycles. The van der Waals surface area contributed by atoms with E-state index in [4.69, 9.17) is 11.6 Å². The van der Waals surface area contributed by atoms with E-state index >= 15 is 0 Å². The van der Waals surface area contributed by atoms with E-state index in [1.165, 1.54) is 17.7 Å². The third kappa shape index (κ3) is 3.22. The van der Waals surface area contributed by atoms with Gasteiger partial charge in [-0.3, -0.25) is 0 Å². The van der Waals surface area contributed by atoms with Crippen LogP contribution in [0.5, 0.6) is 0 Å². The fourth-order valence-corrected chi connectivity index (χ4v) is 3.28. The second kappa shape index (κ2) is 6.50. The Kier molecular flexibility index (Phi) is 4.47. The highest BCUT2D eigenvalue weighted by Crippen LogP contribution is 2.29. The van der Waals surface area contributed by atoms with Crippen molar-refractivity contribution < 1.29 is 5.11 Å². The summed E-state index contributed by atoms with van der Waals surface area (Å²) in [4.78, 5) is 2.37. The zero-order valence-electron chi connectivity index (χ0n) is 12.0. The fourth-order valence-electron chi connectivity index (χ4n) is 3.02. The molecular weight excluding hydrogens is 282 g/mol. The highest BCUT2D eigenvalue weighted by Gasteiger charge is 2.18. The number of hydrogen-bond acceptors (Lipinski definition) is 2. The normalized spacial score (nSPS) is 15.6. The lowest BCUT2D eigenvalue weighted by atomic mass is 10.0. The van der Waals surface area contributed by atoms with E-state index in [1.54, 1.807) is 0 Å². The summed E-state index contributed by atoms with van der Waals surface area (Å²) in [5.74, 6) is 0. The van der Waals surface area contributed by atoms with Crippen molar-refractivity contribution >= 4 is 17.3 Å². The number of aryl methyl sites for hydroxylation is 1. The second-order valence-electron chi connectivity index (χ2n) is 5.55. The highest BCUT2D eigenvalue weighted by atomic mass is 35.5. The van der Waals surface area contributed by atoms with Gasteiger partial charge in [0.05, 0.1) is 6.10 Å². The number of aliphatic hydroxyl groups is 1. The van der Waals surface area contributed by atoms with Gasteiger partial charge in [-0.15, -0.1) is 0 Å². The summed E-state index contributed by atoms with van der Waals surface area (Å²) >= 11 is 6.15. The zero-order valence-corrected chi connectivity index (χ0v) is 12.8. The van der Waals surface area contributed by atoms with Gasteiger partial charge in [0.25, 0.3) is 0 Å². The molecule has 0 radical (unpaired) electrons. The van der Waals surface area contributed by atoms with Crippen LogP contribution in [0.25, 0.3) is 0 Å². The number of nitrogens with zero attached hydrogens (tertiary/aromatic N) is 1. The number of anilines is 1. The average molecular weight is 302 g/mol. The predicted molar refractivity (Wildman–Crippen MR) is 88.0 cm³/mol. The van der Waals surface area contributed by atoms with E-state index in [-0.39, 0.29) is 0 Å². The Labute approximate surface area is 131 Å². The van der Waals surface area contributed by atoms with Gasteiger partial charge in [0.2, 0.25) is 0 Å². The molecule has 0 amide bonds. The van der Waals surface area contributed by atoms with Crippen LogP contribution in [0.15, 0.2) is 48.5 Å². The molecule has 1 atom stereocenters. The van der Waals surface area contributed by atoms with Gasteiger partial charge in [0.15, 0.2) is 0 Å². The predicted octanol–water partition coefficient (Wildman–Crippen LogP) is 4.22. The monoisotopic (exact) mass is 301 g/mol. The maximum Gasteiger partial charge on any atom is 0.0821 e. The molecule has 21 heavy (non-hydrogen) atoms. The van der Waals surface area contributed by atoms with Crippen LogP contribution in [-0.4, -0.2) is 18.2 Å². The molecule has 2 nitrogen and oxygen atoms in total. The molecule has 0 aromatic heterocycles. The number of halogens is 1. The van der Waals surface area contributed by atoms with Gasteiger partial charge >= 0.3 is 0 Å². The maximum absolute atomic E-state index is 10.4. The van der Waals surface area contributed by atoms with E-state index < -0.39 is 6.10 Å². The molecule has 0 bridgehead atoms. The quantitative estimate of drug-likeness (QED) is 0.914. The summed E-state index contributed by atoms with van der Waals surface area (Å²) < 4.78 is 0. The van der Waals surface area contributed by atoms with Crippen molar-refractivity contribution in [2.24, 2.45) is 0 Å². The lowest BCUT2D eigenvalue weighted by molar-refractivity contribution is 0.169. The first-order chi connectivity index (χ1) is 10.3. The van der Waals surface area contributed by atoms with Crippen molar-refractivity contribution in [1.82, 2.24) is 0 Å². The largest absolute Gasteiger partial charge is 0.388 e. The van der Waals surface area contributed by atoms with E-state index in [0.717, 1.165) is 25.1 Å². The van der Waals surface area contributed by atoms with Crippen LogP contribution in [-0.2, 0) is 6.42 Å². The molecule has 1 heterocycles. The first kappa shape index (κ1) is 14.4. The number of aliphatic hydroxyl groups excluding tert-OH is 1. The number of benzene rings is 2. The second-order valence-corrected chi connectivity index (χ2v) is 5.95. The minimum atomic E-state index is -0.507. The lowest BCUT2D eigenvalue weighted by Gasteiger charge is -2.32. The molecule has 0 aliphatic carbocycles. The molecule has 0 fully saturated rings. The van der Waals surface area contributed by atoms with Crippen LogP contribution in [0, 0.1) is 0 Å². The topological polar surface area (TPSA) is 23.5 Å².